The zero-order valence-electron chi connectivity index (χ0n) is 14.8. The lowest BCUT2D eigenvalue weighted by Crippen LogP contribution is -2.10. The standard InChI is InChI=1S/C18H19N7O/c1-18(2,3)12-6-4-11(5-7-12)15-24-13(26-25-15)8-19-16-14-17(21-9-20-14)23-10-22-16/h4-7,9-10H,8H2,1-3H3,(H2,19,20,21,22,23). The molecule has 26 heavy (non-hydrogen) atoms. The first-order chi connectivity index (χ1) is 12.5. The third-order valence-corrected chi connectivity index (χ3v) is 4.11. The van der Waals surface area contributed by atoms with Crippen molar-refractivity contribution in [1.82, 2.24) is 30.1 Å². The molecule has 4 rings (SSSR count). The Bertz CT molecular complexity index is 1030. The molecule has 0 aliphatic carbocycles. The highest BCUT2D eigenvalue weighted by Crippen LogP contribution is 2.25. The summed E-state index contributed by atoms with van der Waals surface area (Å²) in [6.45, 7) is 6.91. The van der Waals surface area contributed by atoms with Crippen molar-refractivity contribution in [2.75, 3.05) is 5.32 Å². The van der Waals surface area contributed by atoms with Gasteiger partial charge in [0.2, 0.25) is 11.7 Å². The van der Waals surface area contributed by atoms with Gasteiger partial charge in [0.25, 0.3) is 0 Å². The Balaban J connectivity index is 1.49. The average molecular weight is 349 g/mol. The predicted octanol–water partition coefficient (Wildman–Crippen LogP) is 3.31. The Labute approximate surface area is 150 Å². The summed E-state index contributed by atoms with van der Waals surface area (Å²) in [5.74, 6) is 1.68. The monoisotopic (exact) mass is 349 g/mol. The molecule has 0 saturated heterocycles. The normalized spacial score (nSPS) is 11.8. The largest absolute Gasteiger partial charge is 0.359 e. The van der Waals surface area contributed by atoms with E-state index in [0.717, 1.165) is 11.1 Å². The van der Waals surface area contributed by atoms with Crippen LogP contribution in [0.25, 0.3) is 22.6 Å². The lowest BCUT2D eigenvalue weighted by atomic mass is 9.87. The van der Waals surface area contributed by atoms with Gasteiger partial charge in [-0.15, -0.1) is 0 Å². The van der Waals surface area contributed by atoms with Crippen molar-refractivity contribution in [3.8, 4) is 11.4 Å². The highest BCUT2D eigenvalue weighted by molar-refractivity contribution is 5.81. The van der Waals surface area contributed by atoms with Crippen molar-refractivity contribution in [3.63, 3.8) is 0 Å². The Hall–Kier alpha value is -3.29. The predicted molar refractivity (Wildman–Crippen MR) is 97.4 cm³/mol. The molecule has 8 nitrogen and oxygen atoms in total. The summed E-state index contributed by atoms with van der Waals surface area (Å²) in [5.41, 5.74) is 3.64. The molecule has 4 aromatic rings. The summed E-state index contributed by atoms with van der Waals surface area (Å²) >= 11 is 0. The number of aromatic amines is 1. The van der Waals surface area contributed by atoms with Crippen molar-refractivity contribution in [2.45, 2.75) is 32.7 Å². The topological polar surface area (TPSA) is 105 Å². The molecule has 3 heterocycles. The SMILES string of the molecule is CC(C)(C)c1ccc(-c2noc(CNc3ncnc4nc[nH]c34)n2)cc1. The maximum absolute atomic E-state index is 5.34. The molecule has 0 atom stereocenters. The third kappa shape index (κ3) is 3.13. The number of hydrogen-bond acceptors (Lipinski definition) is 7. The number of nitrogens with zero attached hydrogens (tertiary/aromatic N) is 5. The number of H-pyrrole nitrogens is 1. The van der Waals surface area contributed by atoms with Gasteiger partial charge in [0.05, 0.1) is 12.9 Å². The van der Waals surface area contributed by atoms with Crippen LogP contribution in [-0.4, -0.2) is 30.1 Å². The summed E-state index contributed by atoms with van der Waals surface area (Å²) in [4.78, 5) is 19.8. The highest BCUT2D eigenvalue weighted by Gasteiger charge is 2.15. The second kappa shape index (κ2) is 6.21. The quantitative estimate of drug-likeness (QED) is 0.582. The van der Waals surface area contributed by atoms with Gasteiger partial charge in [0.15, 0.2) is 11.5 Å². The number of anilines is 1. The van der Waals surface area contributed by atoms with Crippen LogP contribution < -0.4 is 5.32 Å². The minimum absolute atomic E-state index is 0.112. The van der Waals surface area contributed by atoms with E-state index in [1.54, 1.807) is 6.33 Å². The molecule has 0 aliphatic rings. The Kier molecular flexibility index (Phi) is 3.87. The van der Waals surface area contributed by atoms with Crippen LogP contribution in [-0.2, 0) is 12.0 Å². The Morgan fingerprint density at radius 2 is 1.88 bits per heavy atom. The minimum Gasteiger partial charge on any atom is -0.359 e. The molecule has 0 fully saturated rings. The van der Waals surface area contributed by atoms with E-state index in [0.29, 0.717) is 29.7 Å². The molecule has 1 aromatic carbocycles. The zero-order valence-corrected chi connectivity index (χ0v) is 14.8. The first-order valence-electron chi connectivity index (χ1n) is 8.32. The fourth-order valence-corrected chi connectivity index (χ4v) is 2.62. The number of benzene rings is 1. The van der Waals surface area contributed by atoms with E-state index in [-0.39, 0.29) is 5.41 Å². The van der Waals surface area contributed by atoms with E-state index in [4.69, 9.17) is 4.52 Å². The van der Waals surface area contributed by atoms with Crippen LogP contribution in [0.1, 0.15) is 32.2 Å². The molecule has 132 valence electrons. The van der Waals surface area contributed by atoms with Crippen LogP contribution in [0.5, 0.6) is 0 Å². The Morgan fingerprint density at radius 1 is 1.08 bits per heavy atom. The molecule has 0 unspecified atom stereocenters. The molecule has 3 aromatic heterocycles. The number of aromatic nitrogens is 6. The summed E-state index contributed by atoms with van der Waals surface area (Å²) in [7, 11) is 0. The lowest BCUT2D eigenvalue weighted by Gasteiger charge is -2.18. The van der Waals surface area contributed by atoms with Crippen LogP contribution >= 0.6 is 0 Å². The van der Waals surface area contributed by atoms with Gasteiger partial charge in [-0.3, -0.25) is 0 Å². The molecule has 2 N–H and O–H groups in total. The molecule has 0 saturated carbocycles. The maximum atomic E-state index is 5.34. The number of imidazole rings is 1. The molecule has 0 spiro atoms. The second-order valence-corrected chi connectivity index (χ2v) is 7.02. The molecule has 0 bridgehead atoms. The number of rotatable bonds is 4. The smallest absolute Gasteiger partial charge is 0.246 e. The van der Waals surface area contributed by atoms with E-state index in [9.17, 15) is 0 Å². The van der Waals surface area contributed by atoms with Gasteiger partial charge in [0, 0.05) is 5.56 Å². The summed E-state index contributed by atoms with van der Waals surface area (Å²) in [6, 6.07) is 8.22. The lowest BCUT2D eigenvalue weighted by molar-refractivity contribution is 0.384. The maximum Gasteiger partial charge on any atom is 0.246 e. The van der Waals surface area contributed by atoms with Crippen LogP contribution in [0, 0.1) is 0 Å². The number of hydrogen-bond donors (Lipinski definition) is 2. The first-order valence-corrected chi connectivity index (χ1v) is 8.32. The van der Waals surface area contributed by atoms with Gasteiger partial charge >= 0.3 is 0 Å². The summed E-state index contributed by atoms with van der Waals surface area (Å²) in [5, 5.41) is 7.23. The zero-order chi connectivity index (χ0) is 18.1. The summed E-state index contributed by atoms with van der Waals surface area (Å²) in [6.07, 6.45) is 3.04. The molecule has 8 heteroatoms. The highest BCUT2D eigenvalue weighted by atomic mass is 16.5. The second-order valence-electron chi connectivity index (χ2n) is 7.02. The Morgan fingerprint density at radius 3 is 2.65 bits per heavy atom. The van der Waals surface area contributed by atoms with Crippen LogP contribution in [0.15, 0.2) is 41.4 Å². The molecule has 0 radical (unpaired) electrons. The van der Waals surface area contributed by atoms with Crippen molar-refractivity contribution < 1.29 is 4.52 Å². The molecule has 0 amide bonds. The number of nitrogens with one attached hydrogen (secondary N) is 2. The van der Waals surface area contributed by atoms with E-state index in [1.165, 1.54) is 11.9 Å². The summed E-state index contributed by atoms with van der Waals surface area (Å²) < 4.78 is 5.34. The van der Waals surface area contributed by atoms with E-state index < -0.39 is 0 Å². The molecular formula is C18H19N7O. The van der Waals surface area contributed by atoms with Crippen LogP contribution in [0.4, 0.5) is 5.82 Å². The average Bonchev–Trinajstić information content (AvgIpc) is 3.29. The van der Waals surface area contributed by atoms with Gasteiger partial charge in [-0.1, -0.05) is 50.2 Å². The van der Waals surface area contributed by atoms with Gasteiger partial charge < -0.3 is 14.8 Å². The molecule has 0 aliphatic heterocycles. The fraction of sp³-hybridized carbons (Fsp3) is 0.278. The van der Waals surface area contributed by atoms with Crippen LogP contribution in [0.3, 0.4) is 0 Å². The van der Waals surface area contributed by atoms with Gasteiger partial charge in [-0.05, 0) is 11.0 Å². The minimum atomic E-state index is 0.112. The van der Waals surface area contributed by atoms with Crippen molar-refractivity contribution in [3.05, 3.63) is 48.4 Å². The fourth-order valence-electron chi connectivity index (χ4n) is 2.62. The van der Waals surface area contributed by atoms with Gasteiger partial charge in [-0.2, -0.15) is 4.98 Å². The van der Waals surface area contributed by atoms with Gasteiger partial charge in [-0.25, -0.2) is 15.0 Å². The van der Waals surface area contributed by atoms with Gasteiger partial charge in [0.1, 0.15) is 11.8 Å². The van der Waals surface area contributed by atoms with Crippen LogP contribution in [0.2, 0.25) is 0 Å². The van der Waals surface area contributed by atoms with Crippen molar-refractivity contribution in [2.24, 2.45) is 0 Å². The number of fused-ring (bicyclic) bond motifs is 1. The third-order valence-electron chi connectivity index (χ3n) is 4.11. The van der Waals surface area contributed by atoms with Crippen molar-refractivity contribution >= 4 is 17.0 Å². The van der Waals surface area contributed by atoms with Crippen molar-refractivity contribution in [1.29, 1.82) is 0 Å². The van der Waals surface area contributed by atoms with E-state index in [2.05, 4.69) is 68.3 Å². The van der Waals surface area contributed by atoms with E-state index in [1.807, 2.05) is 12.1 Å². The van der Waals surface area contributed by atoms with E-state index >= 15 is 0 Å². The molecular weight excluding hydrogens is 330 g/mol. The first kappa shape index (κ1) is 16.2.